The zero-order chi connectivity index (χ0) is 26.9. The van der Waals surface area contributed by atoms with Gasteiger partial charge < -0.3 is 25.6 Å². The molecule has 2 heterocycles. The number of aromatic nitrogens is 1. The minimum atomic E-state index is -4.51. The van der Waals surface area contributed by atoms with Crippen LogP contribution in [0.25, 0.3) is 10.9 Å². The highest BCUT2D eigenvalue weighted by Gasteiger charge is 2.31. The number of carbonyl (C=O) groups is 2. The van der Waals surface area contributed by atoms with Crippen LogP contribution < -0.4 is 10.6 Å². The summed E-state index contributed by atoms with van der Waals surface area (Å²) in [5.74, 6) is -1.07. The highest BCUT2D eigenvalue weighted by atomic mass is 19.4. The predicted octanol–water partition coefficient (Wildman–Crippen LogP) is 4.61. The molecule has 4 aromatic rings. The Morgan fingerprint density at radius 2 is 1.79 bits per heavy atom. The summed E-state index contributed by atoms with van der Waals surface area (Å²) in [5.41, 5.74) is 2.77. The fraction of sp³-hybridized carbons (Fsp3) is 0.214. The van der Waals surface area contributed by atoms with Crippen LogP contribution in [0.15, 0.2) is 72.8 Å². The smallest absolute Gasteiger partial charge is 0.394 e. The van der Waals surface area contributed by atoms with E-state index in [1.807, 2.05) is 24.3 Å². The van der Waals surface area contributed by atoms with Crippen molar-refractivity contribution in [1.29, 1.82) is 0 Å². The second-order valence-electron chi connectivity index (χ2n) is 9.10. The molecule has 7 nitrogen and oxygen atoms in total. The Kier molecular flexibility index (Phi) is 6.81. The van der Waals surface area contributed by atoms with Crippen molar-refractivity contribution in [3.63, 3.8) is 0 Å². The molecule has 1 aromatic heterocycles. The number of aromatic amines is 1. The monoisotopic (exact) mass is 522 g/mol. The van der Waals surface area contributed by atoms with Crippen molar-refractivity contribution in [1.82, 2.24) is 15.2 Å². The number of halogens is 3. The molecule has 38 heavy (non-hydrogen) atoms. The first kappa shape index (κ1) is 25.3. The lowest BCUT2D eigenvalue weighted by Crippen LogP contribution is -2.51. The number of hydrogen-bond acceptors (Lipinski definition) is 4. The number of H-pyrrole nitrogens is 1. The summed E-state index contributed by atoms with van der Waals surface area (Å²) in [6.45, 7) is 0.153. The Morgan fingerprint density at radius 1 is 1.03 bits per heavy atom. The fourth-order valence-electron chi connectivity index (χ4n) is 4.74. The quantitative estimate of drug-likeness (QED) is 0.298. The van der Waals surface area contributed by atoms with Gasteiger partial charge in [0.05, 0.1) is 30.0 Å². The van der Waals surface area contributed by atoms with Gasteiger partial charge in [0.25, 0.3) is 5.91 Å². The average molecular weight is 523 g/mol. The summed E-state index contributed by atoms with van der Waals surface area (Å²) in [4.78, 5) is 31.3. The number of nitrogens with zero attached hydrogens (tertiary/aromatic N) is 1. The number of amides is 2. The van der Waals surface area contributed by atoms with Crippen molar-refractivity contribution in [2.45, 2.75) is 25.2 Å². The van der Waals surface area contributed by atoms with Crippen molar-refractivity contribution in [3.05, 3.63) is 95.2 Å². The zero-order valence-electron chi connectivity index (χ0n) is 20.2. The number of aliphatic hydroxyl groups excluding tert-OH is 1. The van der Waals surface area contributed by atoms with Crippen LogP contribution >= 0.6 is 0 Å². The Hall–Kier alpha value is -4.31. The molecule has 0 fully saturated rings. The molecular formula is C28H25F3N4O3. The molecule has 0 saturated carbocycles. The zero-order valence-corrected chi connectivity index (χ0v) is 20.2. The van der Waals surface area contributed by atoms with Gasteiger partial charge in [0.2, 0.25) is 5.91 Å². The lowest BCUT2D eigenvalue weighted by molar-refractivity contribution is -0.137. The molecule has 4 N–H and O–H groups in total. The van der Waals surface area contributed by atoms with E-state index in [2.05, 4.69) is 15.6 Å². The van der Waals surface area contributed by atoms with Gasteiger partial charge in [0.1, 0.15) is 6.04 Å². The molecular weight excluding hydrogens is 497 g/mol. The average Bonchev–Trinajstić information content (AvgIpc) is 3.29. The second-order valence-corrected chi connectivity index (χ2v) is 9.10. The van der Waals surface area contributed by atoms with Gasteiger partial charge in [-0.15, -0.1) is 0 Å². The van der Waals surface area contributed by atoms with Crippen LogP contribution in [-0.2, 0) is 23.9 Å². The molecule has 0 unspecified atom stereocenters. The SMILES string of the molecule is O=C(N[C@@H](CO)C(=O)N1CCc2c([nH]c3ccccc23)C1)c1ccccc1Nc1cccc(C(F)(F)F)c1. The maximum atomic E-state index is 13.2. The van der Waals surface area contributed by atoms with Crippen molar-refractivity contribution < 1.29 is 27.9 Å². The lowest BCUT2D eigenvalue weighted by Gasteiger charge is -2.30. The number of rotatable bonds is 6. The second kappa shape index (κ2) is 10.2. The molecule has 0 spiro atoms. The van der Waals surface area contributed by atoms with Gasteiger partial charge in [0.15, 0.2) is 0 Å². The van der Waals surface area contributed by atoms with E-state index in [9.17, 15) is 27.9 Å². The highest BCUT2D eigenvalue weighted by molar-refractivity contribution is 6.02. The van der Waals surface area contributed by atoms with Gasteiger partial charge in [-0.25, -0.2) is 0 Å². The number of aliphatic hydroxyl groups is 1. The molecule has 196 valence electrons. The number of nitrogens with one attached hydrogen (secondary N) is 3. The molecule has 0 saturated heterocycles. The number of alkyl halides is 3. The van der Waals surface area contributed by atoms with Crippen molar-refractivity contribution in [2.75, 3.05) is 18.5 Å². The summed E-state index contributed by atoms with van der Waals surface area (Å²) in [6.07, 6.45) is -3.87. The summed E-state index contributed by atoms with van der Waals surface area (Å²) in [5, 5.41) is 16.5. The number of anilines is 2. The first-order valence-electron chi connectivity index (χ1n) is 12.1. The largest absolute Gasteiger partial charge is 0.416 e. The fourth-order valence-corrected chi connectivity index (χ4v) is 4.74. The maximum Gasteiger partial charge on any atom is 0.416 e. The number of para-hydroxylation sites is 2. The van der Waals surface area contributed by atoms with E-state index in [4.69, 9.17) is 0 Å². The van der Waals surface area contributed by atoms with Crippen molar-refractivity contribution >= 4 is 34.1 Å². The van der Waals surface area contributed by atoms with Gasteiger partial charge in [0, 0.05) is 28.8 Å². The highest BCUT2D eigenvalue weighted by Crippen LogP contribution is 2.32. The first-order valence-corrected chi connectivity index (χ1v) is 12.1. The Bertz CT molecular complexity index is 1500. The van der Waals surface area contributed by atoms with Crippen LogP contribution in [0.2, 0.25) is 0 Å². The molecule has 3 aromatic carbocycles. The molecule has 1 aliphatic heterocycles. The van der Waals surface area contributed by atoms with Crippen LogP contribution in [0.4, 0.5) is 24.5 Å². The summed E-state index contributed by atoms with van der Waals surface area (Å²) in [6, 6.07) is 17.6. The Balaban J connectivity index is 1.30. The summed E-state index contributed by atoms with van der Waals surface area (Å²) in [7, 11) is 0. The molecule has 5 rings (SSSR count). The molecule has 2 amide bonds. The van der Waals surface area contributed by atoms with E-state index < -0.39 is 36.2 Å². The normalized spacial score (nSPS) is 14.2. The van der Waals surface area contributed by atoms with Crippen LogP contribution in [0.5, 0.6) is 0 Å². The van der Waals surface area contributed by atoms with Crippen molar-refractivity contribution in [3.8, 4) is 0 Å². The molecule has 1 atom stereocenters. The van der Waals surface area contributed by atoms with E-state index in [1.165, 1.54) is 18.2 Å². The minimum Gasteiger partial charge on any atom is -0.394 e. The van der Waals surface area contributed by atoms with Gasteiger partial charge in [-0.1, -0.05) is 36.4 Å². The first-order chi connectivity index (χ1) is 18.2. The lowest BCUT2D eigenvalue weighted by atomic mass is 10.0. The third-order valence-corrected chi connectivity index (χ3v) is 6.62. The molecule has 0 bridgehead atoms. The number of hydrogen-bond donors (Lipinski definition) is 4. The molecule has 0 radical (unpaired) electrons. The van der Waals surface area contributed by atoms with Crippen LogP contribution in [0, 0.1) is 0 Å². The molecule has 10 heteroatoms. The van der Waals surface area contributed by atoms with Gasteiger partial charge in [-0.2, -0.15) is 13.2 Å². The van der Waals surface area contributed by atoms with Crippen LogP contribution in [-0.4, -0.2) is 46.0 Å². The maximum absolute atomic E-state index is 13.2. The van der Waals surface area contributed by atoms with Crippen LogP contribution in [0.3, 0.4) is 0 Å². The third kappa shape index (κ3) is 5.08. The van der Waals surface area contributed by atoms with E-state index in [0.29, 0.717) is 19.5 Å². The third-order valence-electron chi connectivity index (χ3n) is 6.62. The van der Waals surface area contributed by atoms with Gasteiger partial charge >= 0.3 is 6.18 Å². The topological polar surface area (TPSA) is 97.5 Å². The number of carbonyl (C=O) groups excluding carboxylic acids is 2. The van der Waals surface area contributed by atoms with Crippen molar-refractivity contribution in [2.24, 2.45) is 0 Å². The minimum absolute atomic E-state index is 0.118. The number of benzene rings is 3. The Labute approximate surface area is 216 Å². The number of fused-ring (bicyclic) bond motifs is 3. The van der Waals surface area contributed by atoms with E-state index in [0.717, 1.165) is 34.3 Å². The Morgan fingerprint density at radius 3 is 2.58 bits per heavy atom. The van der Waals surface area contributed by atoms with Crippen LogP contribution in [0.1, 0.15) is 27.2 Å². The van der Waals surface area contributed by atoms with E-state index >= 15 is 0 Å². The van der Waals surface area contributed by atoms with Gasteiger partial charge in [-0.3, -0.25) is 9.59 Å². The predicted molar refractivity (Wildman–Crippen MR) is 137 cm³/mol. The summed E-state index contributed by atoms with van der Waals surface area (Å²) >= 11 is 0. The van der Waals surface area contributed by atoms with Gasteiger partial charge in [-0.05, 0) is 48.4 Å². The summed E-state index contributed by atoms with van der Waals surface area (Å²) < 4.78 is 39.3. The standard InChI is InChI=1S/C28H25F3N4O3/c29-28(30,31)17-6-5-7-18(14-17)32-23-11-4-2-9-21(23)26(37)34-25(16-36)27(38)35-13-12-20-19-8-1-3-10-22(19)33-24(20)15-35/h1-11,14,25,32-33,36H,12-13,15-16H2,(H,34,37)/t25-/m0/s1. The molecule has 1 aliphatic rings. The molecule has 0 aliphatic carbocycles. The van der Waals surface area contributed by atoms with E-state index in [-0.39, 0.29) is 16.9 Å². The van der Waals surface area contributed by atoms with E-state index in [1.54, 1.807) is 23.1 Å².